The molecule has 3 aromatic rings. The molecule has 0 atom stereocenters. The summed E-state index contributed by atoms with van der Waals surface area (Å²) in [5.41, 5.74) is 4.20. The molecule has 0 bridgehead atoms. The lowest BCUT2D eigenvalue weighted by Crippen LogP contribution is -2.35. The molecule has 8 heteroatoms. The van der Waals surface area contributed by atoms with Crippen LogP contribution in [0.15, 0.2) is 77.5 Å². The Hall–Kier alpha value is -4.10. The van der Waals surface area contributed by atoms with E-state index in [0.29, 0.717) is 29.2 Å². The lowest BCUT2D eigenvalue weighted by molar-refractivity contribution is -0.120. The number of methoxy groups -OCH3 is 1. The van der Waals surface area contributed by atoms with Gasteiger partial charge in [-0.15, -0.1) is 0 Å². The highest BCUT2D eigenvalue weighted by Gasteiger charge is 2.39. The number of hydrogen-bond donors (Lipinski definition) is 1. The molecule has 0 fully saturated rings. The number of fused-ring (bicyclic) bond motifs is 1. The van der Waals surface area contributed by atoms with Gasteiger partial charge < -0.3 is 15.0 Å². The van der Waals surface area contributed by atoms with E-state index in [0.717, 1.165) is 34.6 Å². The minimum absolute atomic E-state index is 0.0338. The van der Waals surface area contributed by atoms with Crippen LogP contribution < -0.4 is 19.9 Å². The standard InChI is InChI=1S/C28H24ClN3O4/c1-17-9-10-19(26(33)31-15-5-7-18-6-3-4-8-23(18)31)16-22(17)30-25-24(29)27(34)32(28(25)35)20-11-13-21(36-2)14-12-20/h3-4,6,8-14,16,30H,5,7,15H2,1-2H3. The van der Waals surface area contributed by atoms with E-state index in [2.05, 4.69) is 5.32 Å². The highest BCUT2D eigenvalue weighted by atomic mass is 35.5. The fraction of sp³-hybridized carbons (Fsp3) is 0.179. The second-order valence-corrected chi connectivity index (χ2v) is 9.05. The Bertz CT molecular complexity index is 1410. The number of nitrogens with zero attached hydrogens (tertiary/aromatic N) is 2. The van der Waals surface area contributed by atoms with Crippen molar-refractivity contribution in [3.8, 4) is 5.75 Å². The molecule has 1 N–H and O–H groups in total. The summed E-state index contributed by atoms with van der Waals surface area (Å²) in [6.07, 6.45) is 1.83. The molecule has 36 heavy (non-hydrogen) atoms. The second kappa shape index (κ2) is 9.51. The first-order valence-electron chi connectivity index (χ1n) is 11.6. The van der Waals surface area contributed by atoms with Crippen LogP contribution in [0.4, 0.5) is 17.1 Å². The van der Waals surface area contributed by atoms with Gasteiger partial charge in [-0.25, -0.2) is 4.90 Å². The van der Waals surface area contributed by atoms with Crippen LogP contribution in [0, 0.1) is 6.92 Å². The first-order valence-corrected chi connectivity index (χ1v) is 12.0. The normalized spacial score (nSPS) is 15.3. The van der Waals surface area contributed by atoms with E-state index in [1.807, 2.05) is 37.3 Å². The van der Waals surface area contributed by atoms with Crippen LogP contribution in [0.1, 0.15) is 27.9 Å². The summed E-state index contributed by atoms with van der Waals surface area (Å²) < 4.78 is 5.15. The van der Waals surface area contributed by atoms with Crippen molar-refractivity contribution >= 4 is 46.4 Å². The van der Waals surface area contributed by atoms with Crippen LogP contribution in [0.3, 0.4) is 0 Å². The zero-order valence-electron chi connectivity index (χ0n) is 19.9. The first kappa shape index (κ1) is 23.6. The summed E-state index contributed by atoms with van der Waals surface area (Å²) in [5.74, 6) is -0.719. The van der Waals surface area contributed by atoms with Crippen molar-refractivity contribution in [1.82, 2.24) is 0 Å². The van der Waals surface area contributed by atoms with Crippen molar-refractivity contribution in [2.75, 3.05) is 28.8 Å². The summed E-state index contributed by atoms with van der Waals surface area (Å²) in [4.78, 5) is 42.3. The van der Waals surface area contributed by atoms with Crippen molar-refractivity contribution in [2.45, 2.75) is 19.8 Å². The predicted octanol–water partition coefficient (Wildman–Crippen LogP) is 5.03. The van der Waals surface area contributed by atoms with E-state index in [4.69, 9.17) is 16.3 Å². The number of benzene rings is 3. The highest BCUT2D eigenvalue weighted by Crippen LogP contribution is 2.33. The van der Waals surface area contributed by atoms with E-state index in [1.54, 1.807) is 41.3 Å². The quantitative estimate of drug-likeness (QED) is 0.496. The first-order chi connectivity index (χ1) is 17.4. The van der Waals surface area contributed by atoms with Crippen molar-refractivity contribution in [2.24, 2.45) is 0 Å². The van der Waals surface area contributed by atoms with Gasteiger partial charge in [-0.1, -0.05) is 35.9 Å². The Balaban J connectivity index is 1.42. The van der Waals surface area contributed by atoms with Gasteiger partial charge in [-0.3, -0.25) is 14.4 Å². The van der Waals surface area contributed by atoms with Gasteiger partial charge in [-0.2, -0.15) is 0 Å². The second-order valence-electron chi connectivity index (χ2n) is 8.68. The molecular weight excluding hydrogens is 478 g/mol. The summed E-state index contributed by atoms with van der Waals surface area (Å²) in [5, 5.41) is 2.81. The lowest BCUT2D eigenvalue weighted by Gasteiger charge is -2.29. The SMILES string of the molecule is COc1ccc(N2C(=O)C(Cl)=C(Nc3cc(C(=O)N4CCCc5ccccc54)ccc3C)C2=O)cc1. The smallest absolute Gasteiger partial charge is 0.283 e. The molecule has 0 saturated carbocycles. The van der Waals surface area contributed by atoms with Crippen molar-refractivity contribution in [3.63, 3.8) is 0 Å². The van der Waals surface area contributed by atoms with Crippen LogP contribution in [0.5, 0.6) is 5.75 Å². The maximum atomic E-state index is 13.5. The Kier molecular flexibility index (Phi) is 6.24. The minimum atomic E-state index is -0.621. The molecule has 5 rings (SSSR count). The molecule has 0 aliphatic carbocycles. The van der Waals surface area contributed by atoms with Gasteiger partial charge in [0.2, 0.25) is 0 Å². The van der Waals surface area contributed by atoms with Crippen LogP contribution in [0.2, 0.25) is 0 Å². The molecule has 7 nitrogen and oxygen atoms in total. The number of hydrogen-bond acceptors (Lipinski definition) is 5. The number of para-hydroxylation sites is 1. The third kappa shape index (κ3) is 4.12. The molecule has 2 aliphatic heterocycles. The van der Waals surface area contributed by atoms with Crippen molar-refractivity contribution < 1.29 is 19.1 Å². The van der Waals surface area contributed by atoms with Gasteiger partial charge >= 0.3 is 0 Å². The summed E-state index contributed by atoms with van der Waals surface area (Å²) in [7, 11) is 1.53. The zero-order chi connectivity index (χ0) is 25.4. The van der Waals surface area contributed by atoms with Crippen molar-refractivity contribution in [3.05, 3.63) is 94.1 Å². The maximum absolute atomic E-state index is 13.5. The monoisotopic (exact) mass is 501 g/mol. The molecule has 0 radical (unpaired) electrons. The van der Waals surface area contributed by atoms with Gasteiger partial charge in [0.05, 0.1) is 12.8 Å². The van der Waals surface area contributed by atoms with Gasteiger partial charge in [0, 0.05) is 23.5 Å². The number of anilines is 3. The Morgan fingerprint density at radius 3 is 2.50 bits per heavy atom. The molecule has 2 heterocycles. The summed E-state index contributed by atoms with van der Waals surface area (Å²) in [6.45, 7) is 2.48. The van der Waals surface area contributed by atoms with Crippen LogP contribution in [0.25, 0.3) is 0 Å². The summed E-state index contributed by atoms with van der Waals surface area (Å²) in [6, 6.07) is 19.7. The number of carbonyl (C=O) groups excluding carboxylic acids is 3. The van der Waals surface area contributed by atoms with E-state index >= 15 is 0 Å². The average molecular weight is 502 g/mol. The molecule has 3 amide bonds. The maximum Gasteiger partial charge on any atom is 0.283 e. The number of halogens is 1. The number of aryl methyl sites for hydroxylation is 2. The predicted molar refractivity (Wildman–Crippen MR) is 140 cm³/mol. The van der Waals surface area contributed by atoms with Crippen molar-refractivity contribution in [1.29, 1.82) is 0 Å². The molecule has 0 saturated heterocycles. The Labute approximate surface area is 213 Å². The molecule has 2 aliphatic rings. The fourth-order valence-corrected chi connectivity index (χ4v) is 4.71. The van der Waals surface area contributed by atoms with E-state index in [9.17, 15) is 14.4 Å². The molecule has 3 aromatic carbocycles. The third-order valence-electron chi connectivity index (χ3n) is 6.46. The minimum Gasteiger partial charge on any atom is -0.497 e. The van der Waals surface area contributed by atoms with Crippen LogP contribution in [-0.4, -0.2) is 31.4 Å². The highest BCUT2D eigenvalue weighted by molar-refractivity contribution is 6.53. The number of amides is 3. The number of nitrogens with one attached hydrogen (secondary N) is 1. The third-order valence-corrected chi connectivity index (χ3v) is 6.81. The molecule has 182 valence electrons. The number of carbonyl (C=O) groups is 3. The van der Waals surface area contributed by atoms with Crippen LogP contribution in [-0.2, 0) is 16.0 Å². The summed E-state index contributed by atoms with van der Waals surface area (Å²) >= 11 is 6.31. The lowest BCUT2D eigenvalue weighted by atomic mass is 10.0. The van der Waals surface area contributed by atoms with E-state index in [-0.39, 0.29) is 16.6 Å². The molecule has 0 spiro atoms. The fourth-order valence-electron chi connectivity index (χ4n) is 4.50. The zero-order valence-corrected chi connectivity index (χ0v) is 20.6. The number of rotatable bonds is 5. The molecule has 0 unspecified atom stereocenters. The van der Waals surface area contributed by atoms with Gasteiger partial charge in [0.1, 0.15) is 16.5 Å². The average Bonchev–Trinajstić information content (AvgIpc) is 3.12. The van der Waals surface area contributed by atoms with Crippen LogP contribution >= 0.6 is 11.6 Å². The Morgan fingerprint density at radius 1 is 1.00 bits per heavy atom. The van der Waals surface area contributed by atoms with Gasteiger partial charge in [0.15, 0.2) is 0 Å². The number of ether oxygens (including phenoxy) is 1. The van der Waals surface area contributed by atoms with E-state index < -0.39 is 11.8 Å². The topological polar surface area (TPSA) is 79.0 Å². The van der Waals surface area contributed by atoms with Gasteiger partial charge in [-0.05, 0) is 73.4 Å². The van der Waals surface area contributed by atoms with Gasteiger partial charge in [0.25, 0.3) is 17.7 Å². The molecule has 0 aromatic heterocycles. The number of imide groups is 1. The Morgan fingerprint density at radius 2 is 1.75 bits per heavy atom. The van der Waals surface area contributed by atoms with E-state index in [1.165, 1.54) is 7.11 Å². The molecular formula is C28H24ClN3O4. The largest absolute Gasteiger partial charge is 0.497 e.